The van der Waals surface area contributed by atoms with Crippen LogP contribution in [-0.4, -0.2) is 21.3 Å². The molecule has 0 saturated carbocycles. The fourth-order valence-corrected chi connectivity index (χ4v) is 6.40. The SMILES string of the molecule is CO[Si]1(c2ccccc2C)CCCC(C)(C)O1. The van der Waals surface area contributed by atoms with Gasteiger partial charge in [-0.1, -0.05) is 24.3 Å². The Morgan fingerprint density at radius 1 is 1.29 bits per heavy atom. The Morgan fingerprint density at radius 3 is 2.59 bits per heavy atom. The Bertz CT molecular complexity index is 403. The van der Waals surface area contributed by atoms with Gasteiger partial charge in [0.15, 0.2) is 0 Å². The van der Waals surface area contributed by atoms with E-state index in [-0.39, 0.29) is 5.60 Å². The molecule has 1 aliphatic heterocycles. The molecular weight excluding hydrogens is 228 g/mol. The summed E-state index contributed by atoms with van der Waals surface area (Å²) in [7, 11) is -0.407. The number of benzene rings is 1. The normalized spacial score (nSPS) is 28.0. The number of aryl methyl sites for hydroxylation is 1. The number of hydrogen-bond donors (Lipinski definition) is 0. The zero-order valence-corrected chi connectivity index (χ0v) is 12.2. The molecule has 0 aromatic heterocycles. The summed E-state index contributed by atoms with van der Waals surface area (Å²) in [6.45, 7) is 6.49. The summed E-state index contributed by atoms with van der Waals surface area (Å²) >= 11 is 0. The molecule has 2 rings (SSSR count). The maximum absolute atomic E-state index is 6.39. The lowest BCUT2D eigenvalue weighted by Crippen LogP contribution is -2.60. The summed E-state index contributed by atoms with van der Waals surface area (Å²) in [5.41, 5.74) is 1.24. The molecule has 1 atom stereocenters. The van der Waals surface area contributed by atoms with E-state index in [0.29, 0.717) is 0 Å². The van der Waals surface area contributed by atoms with Gasteiger partial charge in [0.1, 0.15) is 0 Å². The third kappa shape index (κ3) is 2.46. The van der Waals surface area contributed by atoms with Crippen molar-refractivity contribution in [2.45, 2.75) is 45.3 Å². The fraction of sp³-hybridized carbons (Fsp3) is 0.571. The van der Waals surface area contributed by atoms with Crippen LogP contribution in [0.2, 0.25) is 6.04 Å². The van der Waals surface area contributed by atoms with Crippen LogP contribution in [0, 0.1) is 6.92 Å². The summed E-state index contributed by atoms with van der Waals surface area (Å²) in [6, 6.07) is 9.55. The van der Waals surface area contributed by atoms with Crippen LogP contribution < -0.4 is 5.19 Å². The molecule has 1 aromatic carbocycles. The highest BCUT2D eigenvalue weighted by Gasteiger charge is 2.47. The molecule has 1 aromatic rings. The quantitative estimate of drug-likeness (QED) is 0.751. The van der Waals surface area contributed by atoms with Crippen LogP contribution in [0.25, 0.3) is 0 Å². The zero-order chi connectivity index (χ0) is 12.5. The molecule has 94 valence electrons. The maximum Gasteiger partial charge on any atom is 0.372 e. The summed E-state index contributed by atoms with van der Waals surface area (Å²) < 4.78 is 12.3. The highest BCUT2D eigenvalue weighted by molar-refractivity contribution is 6.81. The lowest BCUT2D eigenvalue weighted by atomic mass is 10.0. The molecule has 3 heteroatoms. The molecule has 1 heterocycles. The van der Waals surface area contributed by atoms with Crippen molar-refractivity contribution in [2.75, 3.05) is 7.11 Å². The molecule has 1 saturated heterocycles. The first kappa shape index (κ1) is 12.8. The largest absolute Gasteiger partial charge is 0.394 e. The Kier molecular flexibility index (Phi) is 3.43. The third-order valence-electron chi connectivity index (χ3n) is 3.61. The first-order valence-corrected chi connectivity index (χ1v) is 8.33. The van der Waals surface area contributed by atoms with E-state index < -0.39 is 8.56 Å². The minimum Gasteiger partial charge on any atom is -0.394 e. The van der Waals surface area contributed by atoms with Crippen molar-refractivity contribution in [3.8, 4) is 0 Å². The van der Waals surface area contributed by atoms with Crippen molar-refractivity contribution in [1.29, 1.82) is 0 Å². The Morgan fingerprint density at radius 2 is 2.00 bits per heavy atom. The van der Waals surface area contributed by atoms with Gasteiger partial charge in [0.2, 0.25) is 0 Å². The molecule has 2 nitrogen and oxygen atoms in total. The van der Waals surface area contributed by atoms with E-state index >= 15 is 0 Å². The smallest absolute Gasteiger partial charge is 0.372 e. The van der Waals surface area contributed by atoms with E-state index in [2.05, 4.69) is 45.0 Å². The summed E-state index contributed by atoms with van der Waals surface area (Å²) in [4.78, 5) is 0. The molecule has 0 bridgehead atoms. The molecule has 1 aliphatic rings. The van der Waals surface area contributed by atoms with Gasteiger partial charge in [0.25, 0.3) is 0 Å². The van der Waals surface area contributed by atoms with E-state index in [1.54, 1.807) is 7.11 Å². The van der Waals surface area contributed by atoms with Gasteiger partial charge in [-0.3, -0.25) is 0 Å². The van der Waals surface area contributed by atoms with Gasteiger partial charge in [-0.2, -0.15) is 0 Å². The monoisotopic (exact) mass is 250 g/mol. The molecule has 1 unspecified atom stereocenters. The first-order chi connectivity index (χ1) is 7.99. The van der Waals surface area contributed by atoms with Crippen LogP contribution in [0.5, 0.6) is 0 Å². The average Bonchev–Trinajstić information content (AvgIpc) is 2.28. The minimum atomic E-state index is -2.21. The van der Waals surface area contributed by atoms with Crippen molar-refractivity contribution in [3.05, 3.63) is 29.8 Å². The standard InChI is InChI=1S/C14H22O2Si/c1-12-8-5-6-9-13(12)17(15-4)11-7-10-14(2,3)16-17/h5-6,8-9H,7,10-11H2,1-4H3. The second-order valence-corrected chi connectivity index (χ2v) is 8.64. The second-order valence-electron chi connectivity index (χ2n) is 5.49. The van der Waals surface area contributed by atoms with Gasteiger partial charge in [-0.25, -0.2) is 0 Å². The predicted molar refractivity (Wildman–Crippen MR) is 72.8 cm³/mol. The summed E-state index contributed by atoms with van der Waals surface area (Å²) in [6.07, 6.45) is 2.32. The van der Waals surface area contributed by atoms with Crippen LogP contribution in [0.1, 0.15) is 32.3 Å². The van der Waals surface area contributed by atoms with E-state index in [1.807, 2.05) is 0 Å². The van der Waals surface area contributed by atoms with Gasteiger partial charge < -0.3 is 8.85 Å². The van der Waals surface area contributed by atoms with Crippen LogP contribution in [0.15, 0.2) is 24.3 Å². The Hall–Kier alpha value is -0.643. The topological polar surface area (TPSA) is 18.5 Å². The first-order valence-electron chi connectivity index (χ1n) is 6.31. The molecular formula is C14H22O2Si. The van der Waals surface area contributed by atoms with Crippen molar-refractivity contribution in [2.24, 2.45) is 0 Å². The van der Waals surface area contributed by atoms with Crippen molar-refractivity contribution < 1.29 is 8.85 Å². The van der Waals surface area contributed by atoms with Gasteiger partial charge in [0.05, 0.1) is 5.60 Å². The van der Waals surface area contributed by atoms with Crippen molar-refractivity contribution >= 4 is 13.7 Å². The highest BCUT2D eigenvalue weighted by atomic mass is 28.4. The predicted octanol–water partition coefficient (Wildman–Crippen LogP) is 2.88. The summed E-state index contributed by atoms with van der Waals surface area (Å²) in [5, 5.41) is 1.30. The van der Waals surface area contributed by atoms with Crippen molar-refractivity contribution in [3.63, 3.8) is 0 Å². The van der Waals surface area contributed by atoms with Gasteiger partial charge in [-0.05, 0) is 50.4 Å². The van der Waals surface area contributed by atoms with Gasteiger partial charge in [-0.15, -0.1) is 0 Å². The van der Waals surface area contributed by atoms with Gasteiger partial charge >= 0.3 is 8.56 Å². The van der Waals surface area contributed by atoms with E-state index in [4.69, 9.17) is 8.85 Å². The van der Waals surface area contributed by atoms with Crippen LogP contribution in [0.4, 0.5) is 0 Å². The zero-order valence-electron chi connectivity index (χ0n) is 11.2. The van der Waals surface area contributed by atoms with Gasteiger partial charge in [0, 0.05) is 7.11 Å². The Balaban J connectivity index is 2.41. The maximum atomic E-state index is 6.39. The summed E-state index contributed by atoms with van der Waals surface area (Å²) in [5.74, 6) is 0. The molecule has 0 N–H and O–H groups in total. The average molecular weight is 250 g/mol. The third-order valence-corrected chi connectivity index (χ3v) is 7.55. The molecule has 0 aliphatic carbocycles. The lowest BCUT2D eigenvalue weighted by Gasteiger charge is -2.43. The minimum absolute atomic E-state index is 0.0528. The van der Waals surface area contributed by atoms with Crippen LogP contribution in [-0.2, 0) is 8.85 Å². The molecule has 0 spiro atoms. The van der Waals surface area contributed by atoms with Crippen molar-refractivity contribution in [1.82, 2.24) is 0 Å². The highest BCUT2D eigenvalue weighted by Crippen LogP contribution is 2.33. The van der Waals surface area contributed by atoms with E-state index in [1.165, 1.54) is 17.2 Å². The molecule has 0 amide bonds. The lowest BCUT2D eigenvalue weighted by molar-refractivity contribution is 0.0380. The van der Waals surface area contributed by atoms with E-state index in [0.717, 1.165) is 12.5 Å². The Labute approximate surface area is 105 Å². The van der Waals surface area contributed by atoms with Crippen LogP contribution >= 0.6 is 0 Å². The molecule has 17 heavy (non-hydrogen) atoms. The second kappa shape index (κ2) is 4.56. The fourth-order valence-electron chi connectivity index (χ4n) is 2.74. The number of rotatable bonds is 2. The molecule has 1 fully saturated rings. The van der Waals surface area contributed by atoms with E-state index in [9.17, 15) is 0 Å². The number of hydrogen-bond acceptors (Lipinski definition) is 2. The van der Waals surface area contributed by atoms with Crippen LogP contribution in [0.3, 0.4) is 0 Å². The molecule has 0 radical (unpaired) electrons.